The number of rotatable bonds is 1. The van der Waals surface area contributed by atoms with Crippen molar-refractivity contribution in [2.24, 2.45) is 11.3 Å². The fourth-order valence-corrected chi connectivity index (χ4v) is 1.69. The lowest BCUT2D eigenvalue weighted by Gasteiger charge is -2.25. The summed E-state index contributed by atoms with van der Waals surface area (Å²) < 4.78 is 13.4. The minimum absolute atomic E-state index is 0.00586. The zero-order valence-corrected chi connectivity index (χ0v) is 9.02. The van der Waals surface area contributed by atoms with Crippen LogP contribution in [0.25, 0.3) is 0 Å². The smallest absolute Gasteiger partial charge is 0.122 e. The lowest BCUT2D eigenvalue weighted by atomic mass is 9.80. The van der Waals surface area contributed by atoms with Gasteiger partial charge in [-0.1, -0.05) is 33.8 Å². The third-order valence-corrected chi connectivity index (χ3v) is 2.38. The molecule has 1 unspecified atom stereocenters. The molecule has 1 aliphatic carbocycles. The van der Waals surface area contributed by atoms with Crippen molar-refractivity contribution < 1.29 is 4.39 Å². The van der Waals surface area contributed by atoms with Crippen LogP contribution in [0.2, 0.25) is 0 Å². The SMILES string of the molecule is CC1CC=CC(F)=C1CC(C)(C)C. The van der Waals surface area contributed by atoms with Crippen molar-refractivity contribution in [1.29, 1.82) is 0 Å². The maximum Gasteiger partial charge on any atom is 0.122 e. The second kappa shape index (κ2) is 3.65. The van der Waals surface area contributed by atoms with E-state index >= 15 is 0 Å². The van der Waals surface area contributed by atoms with E-state index in [-0.39, 0.29) is 11.2 Å². The van der Waals surface area contributed by atoms with Crippen molar-refractivity contribution in [2.75, 3.05) is 0 Å². The fourth-order valence-electron chi connectivity index (χ4n) is 1.69. The van der Waals surface area contributed by atoms with Crippen LogP contribution in [-0.2, 0) is 0 Å². The summed E-state index contributed by atoms with van der Waals surface area (Å²) in [5.74, 6) is 0.373. The van der Waals surface area contributed by atoms with Crippen LogP contribution < -0.4 is 0 Å². The van der Waals surface area contributed by atoms with Gasteiger partial charge in [-0.15, -0.1) is 0 Å². The van der Waals surface area contributed by atoms with Gasteiger partial charge in [-0.25, -0.2) is 4.39 Å². The highest BCUT2D eigenvalue weighted by Gasteiger charge is 2.21. The lowest BCUT2D eigenvalue weighted by Crippen LogP contribution is -2.13. The van der Waals surface area contributed by atoms with Gasteiger partial charge in [0.25, 0.3) is 0 Å². The van der Waals surface area contributed by atoms with E-state index in [0.29, 0.717) is 5.92 Å². The summed E-state index contributed by atoms with van der Waals surface area (Å²) in [6.07, 6.45) is 5.39. The number of hydrogen-bond donors (Lipinski definition) is 0. The van der Waals surface area contributed by atoms with Crippen molar-refractivity contribution in [2.45, 2.75) is 40.5 Å². The van der Waals surface area contributed by atoms with Gasteiger partial charge in [-0.3, -0.25) is 0 Å². The van der Waals surface area contributed by atoms with Gasteiger partial charge in [0.2, 0.25) is 0 Å². The molecule has 0 radical (unpaired) electrons. The average molecular weight is 182 g/mol. The Kier molecular flexibility index (Phi) is 2.94. The van der Waals surface area contributed by atoms with Gasteiger partial charge in [-0.2, -0.15) is 0 Å². The van der Waals surface area contributed by atoms with Crippen molar-refractivity contribution in [3.05, 3.63) is 23.6 Å². The van der Waals surface area contributed by atoms with Crippen molar-refractivity contribution >= 4 is 0 Å². The first-order valence-electron chi connectivity index (χ1n) is 4.95. The van der Waals surface area contributed by atoms with Crippen molar-refractivity contribution in [1.82, 2.24) is 0 Å². The zero-order chi connectivity index (χ0) is 10.1. The second-order valence-corrected chi connectivity index (χ2v) is 5.15. The van der Waals surface area contributed by atoms with Crippen LogP contribution in [0.1, 0.15) is 40.5 Å². The minimum atomic E-state index is -0.00586. The van der Waals surface area contributed by atoms with E-state index < -0.39 is 0 Å². The van der Waals surface area contributed by atoms with Gasteiger partial charge in [0, 0.05) is 0 Å². The van der Waals surface area contributed by atoms with Crippen molar-refractivity contribution in [3.63, 3.8) is 0 Å². The Morgan fingerprint density at radius 3 is 2.54 bits per heavy atom. The Morgan fingerprint density at radius 1 is 1.46 bits per heavy atom. The Bertz CT molecular complexity index is 240. The third kappa shape index (κ3) is 2.98. The molecule has 0 aromatic heterocycles. The molecule has 13 heavy (non-hydrogen) atoms. The molecule has 0 bridgehead atoms. The van der Waals surface area contributed by atoms with Gasteiger partial charge in [0.1, 0.15) is 5.83 Å². The van der Waals surface area contributed by atoms with Crippen LogP contribution in [-0.4, -0.2) is 0 Å². The molecular formula is C12H19F. The molecule has 0 aromatic carbocycles. The molecule has 1 rings (SSSR count). The van der Waals surface area contributed by atoms with Gasteiger partial charge >= 0.3 is 0 Å². The average Bonchev–Trinajstić information content (AvgIpc) is 1.95. The maximum atomic E-state index is 13.4. The minimum Gasteiger partial charge on any atom is -0.207 e. The monoisotopic (exact) mass is 182 g/mol. The maximum absolute atomic E-state index is 13.4. The normalized spacial score (nSPS) is 23.9. The molecule has 0 aromatic rings. The van der Waals surface area contributed by atoms with Gasteiger partial charge < -0.3 is 0 Å². The highest BCUT2D eigenvalue weighted by Crippen LogP contribution is 2.35. The summed E-state index contributed by atoms with van der Waals surface area (Å²) in [7, 11) is 0. The van der Waals surface area contributed by atoms with E-state index in [1.807, 2.05) is 6.08 Å². The number of allylic oxidation sites excluding steroid dienone is 4. The van der Waals surface area contributed by atoms with Crippen LogP contribution in [0.15, 0.2) is 23.6 Å². The number of halogens is 1. The molecule has 0 aliphatic heterocycles. The molecule has 74 valence electrons. The molecule has 1 atom stereocenters. The van der Waals surface area contributed by atoms with Gasteiger partial charge in [-0.05, 0) is 35.8 Å². The van der Waals surface area contributed by atoms with Crippen LogP contribution in [0.4, 0.5) is 4.39 Å². The Morgan fingerprint density at radius 2 is 2.08 bits per heavy atom. The molecule has 0 amide bonds. The summed E-state index contributed by atoms with van der Waals surface area (Å²) in [4.78, 5) is 0. The topological polar surface area (TPSA) is 0 Å². The van der Waals surface area contributed by atoms with E-state index in [4.69, 9.17) is 0 Å². The summed E-state index contributed by atoms with van der Waals surface area (Å²) >= 11 is 0. The van der Waals surface area contributed by atoms with E-state index in [9.17, 15) is 4.39 Å². The Hall–Kier alpha value is -0.590. The molecule has 0 heterocycles. The van der Waals surface area contributed by atoms with E-state index in [1.165, 1.54) is 0 Å². The first kappa shape index (κ1) is 10.5. The third-order valence-electron chi connectivity index (χ3n) is 2.38. The largest absolute Gasteiger partial charge is 0.207 e. The summed E-state index contributed by atoms with van der Waals surface area (Å²) in [5, 5.41) is 0. The molecule has 0 nitrogen and oxygen atoms in total. The standard InChI is InChI=1S/C12H19F/c1-9-6-5-7-11(13)10(9)8-12(2,3)4/h5,7,9H,6,8H2,1-4H3. The van der Waals surface area contributed by atoms with E-state index in [1.54, 1.807) is 6.08 Å². The fraction of sp³-hybridized carbons (Fsp3) is 0.667. The van der Waals surface area contributed by atoms with Crippen LogP contribution in [0.5, 0.6) is 0 Å². The molecule has 1 heteroatoms. The predicted octanol–water partition coefficient (Wildman–Crippen LogP) is 4.24. The van der Waals surface area contributed by atoms with Gasteiger partial charge in [0.05, 0.1) is 0 Å². The van der Waals surface area contributed by atoms with E-state index in [0.717, 1.165) is 18.4 Å². The molecule has 0 spiro atoms. The highest BCUT2D eigenvalue weighted by molar-refractivity contribution is 5.26. The summed E-state index contributed by atoms with van der Waals surface area (Å²) in [6.45, 7) is 8.55. The first-order valence-corrected chi connectivity index (χ1v) is 4.95. The van der Waals surface area contributed by atoms with Crippen LogP contribution in [0, 0.1) is 11.3 Å². The molecular weight excluding hydrogens is 163 g/mol. The van der Waals surface area contributed by atoms with Crippen molar-refractivity contribution in [3.8, 4) is 0 Å². The molecule has 0 saturated heterocycles. The van der Waals surface area contributed by atoms with E-state index in [2.05, 4.69) is 27.7 Å². The quantitative estimate of drug-likeness (QED) is 0.569. The Labute approximate surface area is 80.5 Å². The molecule has 1 aliphatic rings. The zero-order valence-electron chi connectivity index (χ0n) is 9.02. The van der Waals surface area contributed by atoms with Crippen LogP contribution >= 0.6 is 0 Å². The van der Waals surface area contributed by atoms with Crippen LogP contribution in [0.3, 0.4) is 0 Å². The highest BCUT2D eigenvalue weighted by atomic mass is 19.1. The Balaban J connectivity index is 2.81. The molecule has 0 N–H and O–H groups in total. The summed E-state index contributed by atoms with van der Waals surface area (Å²) in [5.41, 5.74) is 1.18. The van der Waals surface area contributed by atoms with Gasteiger partial charge in [0.15, 0.2) is 0 Å². The number of hydrogen-bond acceptors (Lipinski definition) is 0. The first-order chi connectivity index (χ1) is 5.90. The second-order valence-electron chi connectivity index (χ2n) is 5.15. The molecule has 0 fully saturated rings. The predicted molar refractivity (Wildman–Crippen MR) is 55.1 cm³/mol. The lowest BCUT2D eigenvalue weighted by molar-refractivity contribution is 0.380. The molecule has 0 saturated carbocycles. The summed E-state index contributed by atoms with van der Waals surface area (Å²) in [6, 6.07) is 0.